The van der Waals surface area contributed by atoms with Crippen LogP contribution >= 0.6 is 11.6 Å². The third-order valence-corrected chi connectivity index (χ3v) is 10.1. The van der Waals surface area contributed by atoms with Crippen LogP contribution < -0.4 is 10.6 Å². The molecule has 3 N–H and O–H groups in total. The Balaban J connectivity index is 1.20. The first-order chi connectivity index (χ1) is 21.2. The van der Waals surface area contributed by atoms with E-state index < -0.39 is 16.1 Å². The van der Waals surface area contributed by atoms with E-state index in [1.807, 2.05) is 12.1 Å². The van der Waals surface area contributed by atoms with Crippen molar-refractivity contribution in [2.24, 2.45) is 0 Å². The molecule has 44 heavy (non-hydrogen) atoms. The number of amides is 3. The predicted octanol–water partition coefficient (Wildman–Crippen LogP) is 4.72. The summed E-state index contributed by atoms with van der Waals surface area (Å²) in [5.41, 5.74) is 1.44. The molecule has 2 aliphatic rings. The minimum Gasteiger partial charge on any atom is -0.465 e. The summed E-state index contributed by atoms with van der Waals surface area (Å²) in [6, 6.07) is 15.1. The van der Waals surface area contributed by atoms with E-state index in [0.717, 1.165) is 12.8 Å². The van der Waals surface area contributed by atoms with Crippen molar-refractivity contribution in [2.75, 3.05) is 31.5 Å². The number of benzene rings is 2. The van der Waals surface area contributed by atoms with E-state index in [9.17, 15) is 18.0 Å². The van der Waals surface area contributed by atoms with Gasteiger partial charge in [-0.05, 0) is 43.9 Å². The number of rotatable bonds is 6. The number of nitrogens with zero attached hydrogens (tertiary/aromatic N) is 5. The van der Waals surface area contributed by atoms with Crippen LogP contribution in [-0.2, 0) is 10.0 Å². The fourth-order valence-corrected chi connectivity index (χ4v) is 7.40. The van der Waals surface area contributed by atoms with E-state index in [4.69, 9.17) is 21.7 Å². The Kier molecular flexibility index (Phi) is 8.32. The molecule has 0 aliphatic carbocycles. The summed E-state index contributed by atoms with van der Waals surface area (Å²) in [4.78, 5) is 36.6. The number of halogens is 1. The van der Waals surface area contributed by atoms with E-state index in [1.165, 1.54) is 15.1 Å². The summed E-state index contributed by atoms with van der Waals surface area (Å²) in [5, 5.41) is 16.5. The third kappa shape index (κ3) is 6.02. The highest BCUT2D eigenvalue weighted by Crippen LogP contribution is 2.36. The van der Waals surface area contributed by atoms with Crippen LogP contribution in [0.15, 0.2) is 71.9 Å². The molecule has 2 aromatic heterocycles. The number of nitrogens with one attached hydrogen (secondary N) is 2. The third-order valence-electron chi connectivity index (χ3n) is 8.11. The summed E-state index contributed by atoms with van der Waals surface area (Å²) in [7, 11) is -3.89. The van der Waals surface area contributed by atoms with E-state index in [2.05, 4.69) is 15.6 Å². The molecule has 0 saturated carbocycles. The lowest BCUT2D eigenvalue weighted by Gasteiger charge is -2.36. The molecule has 0 spiro atoms. The SMILES string of the molecule is O=C(O)N1CCC(NC(=O)N2CCC[C@@H](Nc3ncc(Cl)c(-c4cn(S(=O)(=O)c5ccccc5)c5ccccc45)n3)C2)CC1. The molecule has 230 valence electrons. The number of carboxylic acid groups (broad SMARTS) is 1. The molecular weight excluding hydrogens is 606 g/mol. The Morgan fingerprint density at radius 2 is 1.66 bits per heavy atom. The van der Waals surface area contributed by atoms with Crippen molar-refractivity contribution < 1.29 is 23.1 Å². The molecule has 12 nitrogen and oxygen atoms in total. The first-order valence-corrected chi connectivity index (χ1v) is 16.3. The Labute approximate surface area is 259 Å². The van der Waals surface area contributed by atoms with Gasteiger partial charge in [0.25, 0.3) is 10.0 Å². The maximum absolute atomic E-state index is 13.6. The van der Waals surface area contributed by atoms with Crippen LogP contribution in [0, 0.1) is 0 Å². The van der Waals surface area contributed by atoms with E-state index in [1.54, 1.807) is 53.6 Å². The zero-order valence-electron chi connectivity index (χ0n) is 23.8. The standard InChI is InChI=1S/C30H32ClN7O5S/c31-25-17-32-28(33-21-7-6-14-37(18-21)29(39)34-20-12-15-36(16-13-20)30(40)41)35-27(25)24-19-38(26-11-5-4-10-23(24)26)44(42,43)22-8-2-1-3-9-22/h1-5,8-11,17,19-21H,6-7,12-16,18H2,(H,34,39)(H,40,41)(H,32,33,35)/t21-/m1/s1. The zero-order valence-corrected chi connectivity index (χ0v) is 25.3. The molecule has 3 amide bonds. The van der Waals surface area contributed by atoms with Gasteiger partial charge in [-0.3, -0.25) is 0 Å². The summed E-state index contributed by atoms with van der Waals surface area (Å²) < 4.78 is 28.4. The minimum absolute atomic E-state index is 0.0681. The Bertz CT molecular complexity index is 1790. The quantitative estimate of drug-likeness (QED) is 0.275. The molecule has 0 unspecified atom stereocenters. The van der Waals surface area contributed by atoms with Crippen LogP contribution in [0.2, 0.25) is 5.02 Å². The average Bonchev–Trinajstić information content (AvgIpc) is 3.43. The fourth-order valence-electron chi connectivity index (χ4n) is 5.81. The maximum atomic E-state index is 13.6. The van der Waals surface area contributed by atoms with Crippen LogP contribution in [0.4, 0.5) is 15.5 Å². The summed E-state index contributed by atoms with van der Waals surface area (Å²) >= 11 is 6.59. The highest BCUT2D eigenvalue weighted by Gasteiger charge is 2.29. The van der Waals surface area contributed by atoms with Gasteiger partial charge < -0.3 is 25.5 Å². The van der Waals surface area contributed by atoms with Crippen molar-refractivity contribution in [3.05, 3.63) is 72.0 Å². The monoisotopic (exact) mass is 637 g/mol. The van der Waals surface area contributed by atoms with E-state index >= 15 is 0 Å². The van der Waals surface area contributed by atoms with Gasteiger partial charge in [0.2, 0.25) is 5.95 Å². The number of likely N-dealkylation sites (tertiary alicyclic amines) is 2. The molecule has 4 heterocycles. The van der Waals surface area contributed by atoms with Crippen molar-refractivity contribution >= 4 is 50.6 Å². The van der Waals surface area contributed by atoms with Gasteiger partial charge >= 0.3 is 12.1 Å². The van der Waals surface area contributed by atoms with Crippen molar-refractivity contribution in [1.82, 2.24) is 29.1 Å². The molecule has 6 rings (SSSR count). The normalized spacial score (nSPS) is 17.9. The smallest absolute Gasteiger partial charge is 0.407 e. The zero-order chi connectivity index (χ0) is 30.8. The van der Waals surface area contributed by atoms with Crippen molar-refractivity contribution in [3.8, 4) is 11.3 Å². The van der Waals surface area contributed by atoms with Crippen LogP contribution in [-0.4, -0.2) is 87.7 Å². The van der Waals surface area contributed by atoms with Gasteiger partial charge in [0.15, 0.2) is 0 Å². The number of fused-ring (bicyclic) bond motifs is 1. The number of piperidine rings is 2. The topological polar surface area (TPSA) is 150 Å². The predicted molar refractivity (Wildman–Crippen MR) is 166 cm³/mol. The van der Waals surface area contributed by atoms with Crippen molar-refractivity contribution in [1.29, 1.82) is 0 Å². The molecule has 14 heteroatoms. The number of para-hydroxylation sites is 1. The van der Waals surface area contributed by atoms with Gasteiger partial charge in [-0.1, -0.05) is 48.0 Å². The Morgan fingerprint density at radius 1 is 0.932 bits per heavy atom. The molecule has 4 aromatic rings. The number of carbonyl (C=O) groups is 2. The number of aromatic nitrogens is 3. The molecule has 2 aromatic carbocycles. The molecular formula is C30H32ClN7O5S. The van der Waals surface area contributed by atoms with Gasteiger partial charge in [0, 0.05) is 55.4 Å². The molecule has 0 bridgehead atoms. The molecule has 2 fully saturated rings. The molecule has 1 atom stereocenters. The highest BCUT2D eigenvalue weighted by molar-refractivity contribution is 7.90. The van der Waals surface area contributed by atoms with Crippen LogP contribution in [0.3, 0.4) is 0 Å². The fraction of sp³-hybridized carbons (Fsp3) is 0.333. The summed E-state index contributed by atoms with van der Waals surface area (Å²) in [5.74, 6) is 0.320. The molecule has 2 aliphatic heterocycles. The maximum Gasteiger partial charge on any atom is 0.407 e. The van der Waals surface area contributed by atoms with E-state index in [0.29, 0.717) is 67.1 Å². The minimum atomic E-state index is -3.89. The number of urea groups is 1. The second-order valence-electron chi connectivity index (χ2n) is 11.0. The summed E-state index contributed by atoms with van der Waals surface area (Å²) in [6.45, 7) is 1.85. The number of carbonyl (C=O) groups excluding carboxylic acids is 1. The van der Waals surface area contributed by atoms with Crippen LogP contribution in [0.1, 0.15) is 25.7 Å². The van der Waals surface area contributed by atoms with Crippen molar-refractivity contribution in [3.63, 3.8) is 0 Å². The number of hydrogen-bond acceptors (Lipinski definition) is 7. The molecule has 0 radical (unpaired) electrons. The van der Waals surface area contributed by atoms with Gasteiger partial charge in [-0.2, -0.15) is 0 Å². The Hall–Kier alpha value is -4.36. The number of hydrogen-bond donors (Lipinski definition) is 3. The first-order valence-electron chi connectivity index (χ1n) is 14.4. The lowest BCUT2D eigenvalue weighted by atomic mass is 10.0. The first kappa shape index (κ1) is 29.7. The molecule has 2 saturated heterocycles. The largest absolute Gasteiger partial charge is 0.465 e. The second kappa shape index (κ2) is 12.3. The van der Waals surface area contributed by atoms with Gasteiger partial charge in [0.05, 0.1) is 27.3 Å². The number of anilines is 1. The summed E-state index contributed by atoms with van der Waals surface area (Å²) in [6.07, 6.45) is 4.84. The van der Waals surface area contributed by atoms with Crippen LogP contribution in [0.25, 0.3) is 22.2 Å². The van der Waals surface area contributed by atoms with Gasteiger partial charge in [-0.15, -0.1) is 0 Å². The van der Waals surface area contributed by atoms with E-state index in [-0.39, 0.29) is 28.0 Å². The van der Waals surface area contributed by atoms with Crippen molar-refractivity contribution in [2.45, 2.75) is 42.7 Å². The second-order valence-corrected chi connectivity index (χ2v) is 13.2. The highest BCUT2D eigenvalue weighted by atomic mass is 35.5. The van der Waals surface area contributed by atoms with Gasteiger partial charge in [-0.25, -0.2) is 31.9 Å². The van der Waals surface area contributed by atoms with Crippen LogP contribution in [0.5, 0.6) is 0 Å². The van der Waals surface area contributed by atoms with Gasteiger partial charge in [0.1, 0.15) is 0 Å². The Morgan fingerprint density at radius 3 is 2.41 bits per heavy atom. The average molecular weight is 638 g/mol. The lowest BCUT2D eigenvalue weighted by Crippen LogP contribution is -2.53. The lowest BCUT2D eigenvalue weighted by molar-refractivity contribution is 0.127.